The number of methoxy groups -OCH3 is 1. The van der Waals surface area contributed by atoms with Crippen LogP contribution in [0, 0.1) is 10.1 Å². The summed E-state index contributed by atoms with van der Waals surface area (Å²) in [5, 5.41) is 11.2. The molecule has 2 N–H and O–H groups in total. The van der Waals surface area contributed by atoms with Gasteiger partial charge < -0.3 is 24.8 Å². The zero-order chi connectivity index (χ0) is 15.4. The van der Waals surface area contributed by atoms with Crippen molar-refractivity contribution >= 4 is 17.5 Å². The second-order valence-electron chi connectivity index (χ2n) is 4.27. The number of nitrogens with zero attached hydrogens (tertiary/aromatic N) is 2. The standard InChI is InChI=1S/C12H15N3O6/c1-19-10-6-8(14-2-4-20-5-3-14)9(15(17)18)7-11(10)21-12(13)16/h6-7H,2-5H2,1H3,(H2,13,16). The average Bonchev–Trinajstić information content (AvgIpc) is 2.47. The molecule has 0 saturated carbocycles. The van der Waals surface area contributed by atoms with Gasteiger partial charge in [-0.1, -0.05) is 0 Å². The Hall–Kier alpha value is -2.55. The first-order valence-corrected chi connectivity index (χ1v) is 6.19. The van der Waals surface area contributed by atoms with Crippen molar-refractivity contribution in [2.75, 3.05) is 38.3 Å². The van der Waals surface area contributed by atoms with Crippen molar-refractivity contribution in [3.8, 4) is 11.5 Å². The minimum atomic E-state index is -1.07. The molecule has 0 bridgehead atoms. The van der Waals surface area contributed by atoms with E-state index in [2.05, 4.69) is 0 Å². The Bertz CT molecular complexity index is 556. The van der Waals surface area contributed by atoms with E-state index in [9.17, 15) is 14.9 Å². The van der Waals surface area contributed by atoms with Gasteiger partial charge in [0.05, 0.1) is 31.3 Å². The van der Waals surface area contributed by atoms with Gasteiger partial charge in [0.2, 0.25) is 0 Å². The van der Waals surface area contributed by atoms with Crippen LogP contribution in [-0.2, 0) is 4.74 Å². The van der Waals surface area contributed by atoms with Crippen molar-refractivity contribution in [3.63, 3.8) is 0 Å². The largest absolute Gasteiger partial charge is 0.493 e. The summed E-state index contributed by atoms with van der Waals surface area (Å²) in [6, 6.07) is 2.59. The van der Waals surface area contributed by atoms with Gasteiger partial charge in [0, 0.05) is 19.2 Å². The van der Waals surface area contributed by atoms with Gasteiger partial charge in [-0.3, -0.25) is 10.1 Å². The van der Waals surface area contributed by atoms with E-state index in [1.807, 2.05) is 4.90 Å². The summed E-state index contributed by atoms with van der Waals surface area (Å²) in [7, 11) is 1.37. The van der Waals surface area contributed by atoms with E-state index in [-0.39, 0.29) is 17.2 Å². The van der Waals surface area contributed by atoms with Gasteiger partial charge >= 0.3 is 6.09 Å². The molecule has 1 aromatic carbocycles. The third-order valence-electron chi connectivity index (χ3n) is 3.02. The van der Waals surface area contributed by atoms with E-state index in [1.165, 1.54) is 13.2 Å². The fraction of sp³-hybridized carbons (Fsp3) is 0.417. The van der Waals surface area contributed by atoms with Crippen molar-refractivity contribution < 1.29 is 23.9 Å². The van der Waals surface area contributed by atoms with Gasteiger partial charge in [-0.2, -0.15) is 0 Å². The Labute approximate surface area is 120 Å². The maximum Gasteiger partial charge on any atom is 0.410 e. The Kier molecular flexibility index (Phi) is 4.43. The number of amides is 1. The lowest BCUT2D eigenvalue weighted by Crippen LogP contribution is -2.36. The van der Waals surface area contributed by atoms with E-state index in [4.69, 9.17) is 19.9 Å². The number of rotatable bonds is 4. The highest BCUT2D eigenvalue weighted by Crippen LogP contribution is 2.39. The number of hydrogen-bond donors (Lipinski definition) is 1. The monoisotopic (exact) mass is 297 g/mol. The van der Waals surface area contributed by atoms with Gasteiger partial charge in [0.1, 0.15) is 5.69 Å². The lowest BCUT2D eigenvalue weighted by molar-refractivity contribution is -0.384. The highest BCUT2D eigenvalue weighted by Gasteiger charge is 2.25. The van der Waals surface area contributed by atoms with E-state index in [0.717, 1.165) is 6.07 Å². The topological polar surface area (TPSA) is 117 Å². The van der Waals surface area contributed by atoms with Crippen molar-refractivity contribution in [2.45, 2.75) is 0 Å². The van der Waals surface area contributed by atoms with Crippen LogP contribution in [0.1, 0.15) is 0 Å². The van der Waals surface area contributed by atoms with Crippen LogP contribution in [-0.4, -0.2) is 44.4 Å². The van der Waals surface area contributed by atoms with E-state index >= 15 is 0 Å². The fourth-order valence-corrected chi connectivity index (χ4v) is 2.09. The molecular formula is C12H15N3O6. The number of morpholine rings is 1. The molecule has 0 aromatic heterocycles. The number of benzene rings is 1. The van der Waals surface area contributed by atoms with E-state index in [1.54, 1.807) is 0 Å². The quantitative estimate of drug-likeness (QED) is 0.648. The van der Waals surface area contributed by atoms with Crippen LogP contribution in [0.15, 0.2) is 12.1 Å². The Morgan fingerprint density at radius 2 is 2.05 bits per heavy atom. The molecule has 9 nitrogen and oxygen atoms in total. The van der Waals surface area contributed by atoms with Crippen molar-refractivity contribution in [1.82, 2.24) is 0 Å². The predicted molar refractivity (Wildman–Crippen MR) is 72.9 cm³/mol. The van der Waals surface area contributed by atoms with Gasteiger partial charge in [0.15, 0.2) is 11.5 Å². The SMILES string of the molecule is COc1cc(N2CCOCC2)c([N+](=O)[O-])cc1OC(N)=O. The molecule has 1 heterocycles. The molecule has 1 saturated heterocycles. The van der Waals surface area contributed by atoms with Crippen LogP contribution in [0.4, 0.5) is 16.2 Å². The molecule has 114 valence electrons. The number of carbonyl (C=O) groups excluding carboxylic acids is 1. The third kappa shape index (κ3) is 3.31. The first-order valence-electron chi connectivity index (χ1n) is 6.19. The fourth-order valence-electron chi connectivity index (χ4n) is 2.09. The summed E-state index contributed by atoms with van der Waals surface area (Å²) in [5.74, 6) is 0.106. The minimum absolute atomic E-state index is 0.0892. The molecule has 0 unspecified atom stereocenters. The first-order chi connectivity index (χ1) is 10.0. The normalized spacial score (nSPS) is 14.6. The van der Waals surface area contributed by atoms with Crippen molar-refractivity contribution in [3.05, 3.63) is 22.2 Å². The number of nitro benzene ring substituents is 1. The zero-order valence-corrected chi connectivity index (χ0v) is 11.4. The Morgan fingerprint density at radius 1 is 1.38 bits per heavy atom. The van der Waals surface area contributed by atoms with Gasteiger partial charge in [-0.15, -0.1) is 0 Å². The van der Waals surface area contributed by atoms with Crippen molar-refractivity contribution in [2.24, 2.45) is 5.73 Å². The summed E-state index contributed by atoms with van der Waals surface area (Å²) >= 11 is 0. The Balaban J connectivity index is 2.47. The average molecular weight is 297 g/mol. The van der Waals surface area contributed by atoms with E-state index in [0.29, 0.717) is 32.0 Å². The van der Waals surface area contributed by atoms with Crippen LogP contribution >= 0.6 is 0 Å². The Morgan fingerprint density at radius 3 is 2.57 bits per heavy atom. The molecule has 0 radical (unpaired) electrons. The number of primary amides is 1. The van der Waals surface area contributed by atoms with Crippen LogP contribution < -0.4 is 20.1 Å². The first kappa shape index (κ1) is 14.9. The number of hydrogen-bond acceptors (Lipinski definition) is 7. The number of carbonyl (C=O) groups is 1. The molecule has 21 heavy (non-hydrogen) atoms. The lowest BCUT2D eigenvalue weighted by atomic mass is 10.2. The maximum absolute atomic E-state index is 11.2. The maximum atomic E-state index is 11.2. The van der Waals surface area contributed by atoms with Gasteiger partial charge in [-0.25, -0.2) is 4.79 Å². The molecule has 1 aromatic rings. The van der Waals surface area contributed by atoms with Crippen LogP contribution in [0.25, 0.3) is 0 Å². The molecule has 1 fully saturated rings. The molecule has 2 rings (SSSR count). The number of anilines is 1. The minimum Gasteiger partial charge on any atom is -0.493 e. The number of ether oxygens (including phenoxy) is 3. The number of nitro groups is 1. The van der Waals surface area contributed by atoms with Gasteiger partial charge in [0.25, 0.3) is 5.69 Å². The second-order valence-corrected chi connectivity index (χ2v) is 4.27. The summed E-state index contributed by atoms with van der Waals surface area (Å²) in [6.07, 6.45) is -1.07. The van der Waals surface area contributed by atoms with Crippen LogP contribution in [0.5, 0.6) is 11.5 Å². The highest BCUT2D eigenvalue weighted by atomic mass is 16.6. The van der Waals surface area contributed by atoms with Gasteiger partial charge in [-0.05, 0) is 0 Å². The lowest BCUT2D eigenvalue weighted by Gasteiger charge is -2.28. The second kappa shape index (κ2) is 6.27. The summed E-state index contributed by atoms with van der Waals surface area (Å²) in [4.78, 5) is 23.4. The summed E-state index contributed by atoms with van der Waals surface area (Å²) in [5.41, 5.74) is 5.14. The molecule has 0 spiro atoms. The smallest absolute Gasteiger partial charge is 0.410 e. The molecular weight excluding hydrogens is 282 g/mol. The number of nitrogens with two attached hydrogens (primary N) is 1. The molecule has 0 aliphatic carbocycles. The molecule has 1 aliphatic rings. The summed E-state index contributed by atoms with van der Waals surface area (Å²) < 4.78 is 15.1. The molecule has 1 amide bonds. The van der Waals surface area contributed by atoms with E-state index < -0.39 is 11.0 Å². The molecule has 1 aliphatic heterocycles. The van der Waals surface area contributed by atoms with Crippen molar-refractivity contribution in [1.29, 1.82) is 0 Å². The molecule has 9 heteroatoms. The third-order valence-corrected chi connectivity index (χ3v) is 3.02. The summed E-state index contributed by atoms with van der Waals surface area (Å²) in [6.45, 7) is 2.03. The highest BCUT2D eigenvalue weighted by molar-refractivity contribution is 5.74. The zero-order valence-electron chi connectivity index (χ0n) is 11.4. The predicted octanol–water partition coefficient (Wildman–Crippen LogP) is 0.897. The van der Waals surface area contributed by atoms with Crippen LogP contribution in [0.2, 0.25) is 0 Å². The molecule has 0 atom stereocenters. The van der Waals surface area contributed by atoms with Crippen LogP contribution in [0.3, 0.4) is 0 Å².